The van der Waals surface area contributed by atoms with E-state index in [1.54, 1.807) is 6.20 Å². The van der Waals surface area contributed by atoms with Crippen LogP contribution in [0.5, 0.6) is 0 Å². The minimum atomic E-state index is 0.104. The van der Waals surface area contributed by atoms with E-state index in [1.165, 1.54) is 0 Å². The summed E-state index contributed by atoms with van der Waals surface area (Å²) in [7, 11) is 0. The molecule has 1 amide bonds. The van der Waals surface area contributed by atoms with Gasteiger partial charge in [0.05, 0.1) is 0 Å². The van der Waals surface area contributed by atoms with Crippen LogP contribution in [0.4, 0.5) is 0 Å². The Kier molecular flexibility index (Phi) is 5.83. The Morgan fingerprint density at radius 3 is 2.70 bits per heavy atom. The summed E-state index contributed by atoms with van der Waals surface area (Å²) in [5, 5.41) is 2.66. The molecule has 0 bridgehead atoms. The predicted molar refractivity (Wildman–Crippen MR) is 42.5 cm³/mol. The van der Waals surface area contributed by atoms with E-state index >= 15 is 0 Å². The number of carbonyl (C=O) groups excluding carboxylic acids is 1. The van der Waals surface area contributed by atoms with Gasteiger partial charge in [-0.2, -0.15) is 0 Å². The van der Waals surface area contributed by atoms with Crippen molar-refractivity contribution in [1.82, 2.24) is 5.32 Å². The second-order valence-corrected chi connectivity index (χ2v) is 2.13. The van der Waals surface area contributed by atoms with E-state index in [9.17, 15) is 4.79 Å². The van der Waals surface area contributed by atoms with Crippen molar-refractivity contribution < 1.29 is 4.79 Å². The molecular weight excluding hydrogens is 126 g/mol. The second-order valence-electron chi connectivity index (χ2n) is 2.13. The lowest BCUT2D eigenvalue weighted by atomic mass is 10.3. The van der Waals surface area contributed by atoms with Gasteiger partial charge in [0.25, 0.3) is 0 Å². The van der Waals surface area contributed by atoms with E-state index in [0.717, 1.165) is 12.8 Å². The van der Waals surface area contributed by atoms with Crippen molar-refractivity contribution in [1.29, 1.82) is 0 Å². The molecule has 0 radical (unpaired) electrons. The lowest BCUT2D eigenvalue weighted by Crippen LogP contribution is -2.15. The summed E-state index contributed by atoms with van der Waals surface area (Å²) in [5.41, 5.74) is 0. The van der Waals surface area contributed by atoms with Crippen LogP contribution in [0, 0.1) is 0 Å². The van der Waals surface area contributed by atoms with Gasteiger partial charge >= 0.3 is 0 Å². The van der Waals surface area contributed by atoms with E-state index < -0.39 is 0 Å². The Morgan fingerprint density at radius 1 is 1.50 bits per heavy atom. The van der Waals surface area contributed by atoms with Gasteiger partial charge in [-0.05, 0) is 19.0 Å². The molecular formula is C8H15NO. The standard InChI is InChI=1S/C8H15NO/c1-3-5-7-9-8(10)6-4-2/h5,7H,3-4,6H2,1-2H3,(H,9,10)/b7-5+. The number of carbonyl (C=O) groups is 1. The molecule has 10 heavy (non-hydrogen) atoms. The Bertz CT molecular complexity index is 118. The monoisotopic (exact) mass is 141 g/mol. The Balaban J connectivity index is 3.30. The summed E-state index contributed by atoms with van der Waals surface area (Å²) >= 11 is 0. The van der Waals surface area contributed by atoms with Gasteiger partial charge in [0, 0.05) is 6.42 Å². The Labute approximate surface area is 62.3 Å². The van der Waals surface area contributed by atoms with E-state index in [4.69, 9.17) is 0 Å². The summed E-state index contributed by atoms with van der Waals surface area (Å²) in [5.74, 6) is 0.104. The number of amides is 1. The second kappa shape index (κ2) is 6.33. The van der Waals surface area contributed by atoms with Crippen LogP contribution >= 0.6 is 0 Å². The normalized spacial score (nSPS) is 10.2. The van der Waals surface area contributed by atoms with Crippen LogP contribution < -0.4 is 5.32 Å². The number of hydrogen-bond acceptors (Lipinski definition) is 1. The van der Waals surface area contributed by atoms with Gasteiger partial charge in [0.1, 0.15) is 0 Å². The van der Waals surface area contributed by atoms with Gasteiger partial charge in [0.2, 0.25) is 5.91 Å². The first-order chi connectivity index (χ1) is 4.81. The molecule has 0 rings (SSSR count). The van der Waals surface area contributed by atoms with Crippen molar-refractivity contribution in [2.75, 3.05) is 0 Å². The highest BCUT2D eigenvalue weighted by atomic mass is 16.1. The topological polar surface area (TPSA) is 29.1 Å². The summed E-state index contributed by atoms with van der Waals surface area (Å²) in [6.07, 6.45) is 6.12. The molecule has 0 aromatic heterocycles. The molecule has 58 valence electrons. The molecule has 0 spiro atoms. The van der Waals surface area contributed by atoms with Gasteiger partial charge < -0.3 is 5.32 Å². The zero-order valence-corrected chi connectivity index (χ0v) is 6.68. The van der Waals surface area contributed by atoms with Crippen LogP contribution in [0.2, 0.25) is 0 Å². The molecule has 0 aromatic rings. The minimum Gasteiger partial charge on any atom is -0.333 e. The van der Waals surface area contributed by atoms with Crippen LogP contribution in [0.15, 0.2) is 12.3 Å². The van der Waals surface area contributed by atoms with Gasteiger partial charge in [-0.3, -0.25) is 4.79 Å². The molecule has 0 heterocycles. The Morgan fingerprint density at radius 2 is 2.20 bits per heavy atom. The van der Waals surface area contributed by atoms with E-state index in [0.29, 0.717) is 6.42 Å². The zero-order valence-electron chi connectivity index (χ0n) is 6.68. The quantitative estimate of drug-likeness (QED) is 0.635. The number of hydrogen-bond donors (Lipinski definition) is 1. The van der Waals surface area contributed by atoms with E-state index in [-0.39, 0.29) is 5.91 Å². The molecule has 1 N–H and O–H groups in total. The van der Waals surface area contributed by atoms with Crippen molar-refractivity contribution in [3.63, 3.8) is 0 Å². The molecule has 0 atom stereocenters. The van der Waals surface area contributed by atoms with Gasteiger partial charge in [-0.25, -0.2) is 0 Å². The van der Waals surface area contributed by atoms with Crippen LogP contribution in [0.1, 0.15) is 33.1 Å². The number of rotatable bonds is 4. The fraction of sp³-hybridized carbons (Fsp3) is 0.625. The SMILES string of the molecule is CC/C=C/NC(=O)CCC. The maximum Gasteiger partial charge on any atom is 0.223 e. The van der Waals surface area contributed by atoms with Crippen molar-refractivity contribution in [3.05, 3.63) is 12.3 Å². The molecule has 0 unspecified atom stereocenters. The summed E-state index contributed by atoms with van der Waals surface area (Å²) in [4.78, 5) is 10.8. The Hall–Kier alpha value is -0.790. The van der Waals surface area contributed by atoms with Crippen molar-refractivity contribution in [2.24, 2.45) is 0 Å². The third kappa shape index (κ3) is 5.35. The highest BCUT2D eigenvalue weighted by Crippen LogP contribution is 1.85. The summed E-state index contributed by atoms with van der Waals surface area (Å²) in [6, 6.07) is 0. The van der Waals surface area contributed by atoms with Crippen LogP contribution in [-0.2, 0) is 4.79 Å². The third-order valence-electron chi connectivity index (χ3n) is 1.07. The molecule has 0 aliphatic rings. The van der Waals surface area contributed by atoms with Gasteiger partial charge in [-0.1, -0.05) is 19.9 Å². The van der Waals surface area contributed by atoms with E-state index in [1.807, 2.05) is 19.9 Å². The lowest BCUT2D eigenvalue weighted by molar-refractivity contribution is -0.120. The average Bonchev–Trinajstić information content (AvgIpc) is 1.89. The van der Waals surface area contributed by atoms with Gasteiger partial charge in [-0.15, -0.1) is 0 Å². The van der Waals surface area contributed by atoms with Crippen LogP contribution in [0.25, 0.3) is 0 Å². The minimum absolute atomic E-state index is 0.104. The molecule has 2 heteroatoms. The fourth-order valence-corrected chi connectivity index (χ4v) is 0.569. The largest absolute Gasteiger partial charge is 0.333 e. The lowest BCUT2D eigenvalue weighted by Gasteiger charge is -1.94. The summed E-state index contributed by atoms with van der Waals surface area (Å²) in [6.45, 7) is 4.02. The van der Waals surface area contributed by atoms with Crippen molar-refractivity contribution in [3.8, 4) is 0 Å². The third-order valence-corrected chi connectivity index (χ3v) is 1.07. The van der Waals surface area contributed by atoms with E-state index in [2.05, 4.69) is 5.32 Å². The first-order valence-corrected chi connectivity index (χ1v) is 3.75. The highest BCUT2D eigenvalue weighted by Gasteiger charge is 1.92. The van der Waals surface area contributed by atoms with Crippen molar-refractivity contribution >= 4 is 5.91 Å². The maximum absolute atomic E-state index is 10.8. The zero-order chi connectivity index (χ0) is 7.82. The fourth-order valence-electron chi connectivity index (χ4n) is 0.569. The molecule has 0 aliphatic carbocycles. The van der Waals surface area contributed by atoms with Gasteiger partial charge in [0.15, 0.2) is 0 Å². The molecule has 2 nitrogen and oxygen atoms in total. The first-order valence-electron chi connectivity index (χ1n) is 3.75. The maximum atomic E-state index is 10.8. The van der Waals surface area contributed by atoms with Crippen molar-refractivity contribution in [2.45, 2.75) is 33.1 Å². The highest BCUT2D eigenvalue weighted by molar-refractivity contribution is 5.76. The molecule has 0 aromatic carbocycles. The first kappa shape index (κ1) is 9.21. The average molecular weight is 141 g/mol. The number of allylic oxidation sites excluding steroid dienone is 1. The van der Waals surface area contributed by atoms with Crippen LogP contribution in [-0.4, -0.2) is 5.91 Å². The predicted octanol–water partition coefficient (Wildman–Crippen LogP) is 1.83. The molecule has 0 saturated carbocycles. The summed E-state index contributed by atoms with van der Waals surface area (Å²) < 4.78 is 0. The number of nitrogens with one attached hydrogen (secondary N) is 1. The molecule has 0 fully saturated rings. The molecule has 0 aliphatic heterocycles. The van der Waals surface area contributed by atoms with Crippen LogP contribution in [0.3, 0.4) is 0 Å². The molecule has 0 saturated heterocycles. The smallest absolute Gasteiger partial charge is 0.223 e.